The van der Waals surface area contributed by atoms with Gasteiger partial charge in [-0.1, -0.05) is 0 Å². The molecule has 0 atom stereocenters. The number of amides is 1. The minimum atomic E-state index is -0.139. The number of carbonyl (C=O) groups is 1. The molecule has 2 rings (SSSR count). The first-order valence-electron chi connectivity index (χ1n) is 5.61. The molecule has 0 bridgehead atoms. The smallest absolute Gasteiger partial charge is 0.253 e. The lowest BCUT2D eigenvalue weighted by Crippen LogP contribution is -2.24. The average molecular weight is 261 g/mol. The van der Waals surface area contributed by atoms with Crippen LogP contribution in [0.15, 0.2) is 23.7 Å². The Balaban J connectivity index is 2.08. The Morgan fingerprint density at radius 2 is 2.28 bits per heavy atom. The predicted molar refractivity (Wildman–Crippen MR) is 73.6 cm³/mol. The number of hydrogen-bond acceptors (Lipinski definition) is 4. The first-order chi connectivity index (χ1) is 8.58. The van der Waals surface area contributed by atoms with E-state index in [1.165, 1.54) is 5.56 Å². The third kappa shape index (κ3) is 2.68. The lowest BCUT2D eigenvalue weighted by Gasteiger charge is -2.07. The lowest BCUT2D eigenvalue weighted by atomic mass is 10.2. The highest BCUT2D eigenvalue weighted by molar-refractivity contribution is 7.10. The van der Waals surface area contributed by atoms with Gasteiger partial charge in [-0.25, -0.2) is 0 Å². The highest BCUT2D eigenvalue weighted by Crippen LogP contribution is 2.15. The molecule has 2 heterocycles. The number of hydrogen-bond donors (Lipinski definition) is 2. The van der Waals surface area contributed by atoms with Crippen LogP contribution in [0.4, 0.5) is 5.69 Å². The molecule has 3 N–H and O–H groups in total. The van der Waals surface area contributed by atoms with E-state index < -0.39 is 0 Å². The molecule has 0 aliphatic heterocycles. The average Bonchev–Trinajstić information content (AvgIpc) is 2.75. The van der Waals surface area contributed by atoms with Crippen molar-refractivity contribution in [2.75, 3.05) is 5.73 Å². The number of aryl methyl sites for hydroxylation is 2. The molecule has 0 saturated carbocycles. The van der Waals surface area contributed by atoms with E-state index in [0.717, 1.165) is 4.88 Å². The molecular weight excluding hydrogens is 246 g/mol. The number of nitrogen functional groups attached to an aromatic ring is 1. The highest BCUT2D eigenvalue weighted by atomic mass is 32.1. The second-order valence-electron chi connectivity index (χ2n) is 4.11. The van der Waals surface area contributed by atoms with Crippen molar-refractivity contribution in [1.82, 2.24) is 10.3 Å². The first-order valence-corrected chi connectivity index (χ1v) is 6.49. The molecule has 0 radical (unpaired) electrons. The Bertz CT molecular complexity index is 577. The molecule has 2 aromatic heterocycles. The van der Waals surface area contributed by atoms with E-state index in [2.05, 4.69) is 10.3 Å². The van der Waals surface area contributed by atoms with Gasteiger partial charge in [-0.3, -0.25) is 9.78 Å². The molecule has 94 valence electrons. The Morgan fingerprint density at radius 1 is 1.50 bits per heavy atom. The molecule has 0 spiro atoms. The summed E-state index contributed by atoms with van der Waals surface area (Å²) < 4.78 is 0. The molecule has 4 nitrogen and oxygen atoms in total. The van der Waals surface area contributed by atoms with Crippen LogP contribution in [0.1, 0.15) is 26.5 Å². The number of anilines is 1. The van der Waals surface area contributed by atoms with Crippen molar-refractivity contribution in [3.8, 4) is 0 Å². The number of nitrogens with two attached hydrogens (primary N) is 1. The molecule has 0 saturated heterocycles. The van der Waals surface area contributed by atoms with Crippen LogP contribution in [0.25, 0.3) is 0 Å². The minimum Gasteiger partial charge on any atom is -0.397 e. The summed E-state index contributed by atoms with van der Waals surface area (Å²) in [4.78, 5) is 17.3. The quantitative estimate of drug-likeness (QED) is 0.890. The Hall–Kier alpha value is -1.88. The number of nitrogens with zero attached hydrogens (tertiary/aromatic N) is 1. The van der Waals surface area contributed by atoms with Crippen LogP contribution in [0.5, 0.6) is 0 Å². The van der Waals surface area contributed by atoms with Gasteiger partial charge in [0.05, 0.1) is 29.7 Å². The number of aromatic nitrogens is 1. The fourth-order valence-corrected chi connectivity index (χ4v) is 2.47. The summed E-state index contributed by atoms with van der Waals surface area (Å²) in [6.45, 7) is 4.37. The molecule has 0 fully saturated rings. The molecule has 5 heteroatoms. The fourth-order valence-electron chi connectivity index (χ4n) is 1.62. The van der Waals surface area contributed by atoms with Crippen LogP contribution in [-0.2, 0) is 6.54 Å². The minimum absolute atomic E-state index is 0.139. The van der Waals surface area contributed by atoms with E-state index in [-0.39, 0.29) is 5.91 Å². The zero-order valence-corrected chi connectivity index (χ0v) is 11.2. The van der Waals surface area contributed by atoms with E-state index in [1.54, 1.807) is 30.5 Å². The second-order valence-corrected chi connectivity index (χ2v) is 5.11. The van der Waals surface area contributed by atoms with Gasteiger partial charge in [-0.2, -0.15) is 0 Å². The van der Waals surface area contributed by atoms with Gasteiger partial charge in [-0.05, 0) is 36.9 Å². The summed E-state index contributed by atoms with van der Waals surface area (Å²) in [7, 11) is 0. The van der Waals surface area contributed by atoms with E-state index in [1.807, 2.05) is 18.4 Å². The summed E-state index contributed by atoms with van der Waals surface area (Å²) in [5.74, 6) is -0.139. The van der Waals surface area contributed by atoms with Gasteiger partial charge in [-0.15, -0.1) is 11.3 Å². The third-order valence-corrected chi connectivity index (χ3v) is 3.75. The molecule has 0 aromatic carbocycles. The normalized spacial score (nSPS) is 10.3. The number of pyridine rings is 1. The summed E-state index contributed by atoms with van der Waals surface area (Å²) in [5, 5.41) is 4.90. The van der Waals surface area contributed by atoms with Gasteiger partial charge in [0, 0.05) is 4.88 Å². The van der Waals surface area contributed by atoms with Crippen molar-refractivity contribution in [3.63, 3.8) is 0 Å². The fraction of sp³-hybridized carbons (Fsp3) is 0.231. The van der Waals surface area contributed by atoms with Crippen LogP contribution in [0.2, 0.25) is 0 Å². The van der Waals surface area contributed by atoms with E-state index in [9.17, 15) is 4.79 Å². The SMILES string of the molecule is Cc1ccsc1CNC(=O)c1cc(N)cnc1C. The third-order valence-electron chi connectivity index (χ3n) is 2.73. The summed E-state index contributed by atoms with van der Waals surface area (Å²) in [5.41, 5.74) is 8.55. The van der Waals surface area contributed by atoms with Crippen LogP contribution < -0.4 is 11.1 Å². The van der Waals surface area contributed by atoms with Crippen molar-refractivity contribution in [2.45, 2.75) is 20.4 Å². The van der Waals surface area contributed by atoms with Gasteiger partial charge in [0.2, 0.25) is 0 Å². The number of carbonyl (C=O) groups excluding carboxylic acids is 1. The maximum absolute atomic E-state index is 12.0. The van der Waals surface area contributed by atoms with E-state index in [4.69, 9.17) is 5.73 Å². The number of thiophene rings is 1. The second kappa shape index (κ2) is 5.18. The topological polar surface area (TPSA) is 68.0 Å². The summed E-state index contributed by atoms with van der Waals surface area (Å²) >= 11 is 1.64. The molecular formula is C13H15N3OS. The summed E-state index contributed by atoms with van der Waals surface area (Å²) in [6, 6.07) is 3.69. The van der Waals surface area contributed by atoms with Gasteiger partial charge in [0.1, 0.15) is 0 Å². The van der Waals surface area contributed by atoms with Crippen molar-refractivity contribution >= 4 is 22.9 Å². The molecule has 18 heavy (non-hydrogen) atoms. The van der Waals surface area contributed by atoms with Gasteiger partial charge in [0.25, 0.3) is 5.91 Å². The highest BCUT2D eigenvalue weighted by Gasteiger charge is 2.10. The van der Waals surface area contributed by atoms with Crippen LogP contribution in [-0.4, -0.2) is 10.9 Å². The molecule has 0 unspecified atom stereocenters. The Kier molecular flexibility index (Phi) is 3.62. The van der Waals surface area contributed by atoms with Crippen LogP contribution >= 0.6 is 11.3 Å². The zero-order chi connectivity index (χ0) is 13.1. The number of nitrogens with one attached hydrogen (secondary N) is 1. The van der Waals surface area contributed by atoms with E-state index >= 15 is 0 Å². The summed E-state index contributed by atoms with van der Waals surface area (Å²) in [6.07, 6.45) is 1.55. The lowest BCUT2D eigenvalue weighted by molar-refractivity contribution is 0.0950. The van der Waals surface area contributed by atoms with Gasteiger partial charge < -0.3 is 11.1 Å². The van der Waals surface area contributed by atoms with Crippen molar-refractivity contribution < 1.29 is 4.79 Å². The number of rotatable bonds is 3. The molecule has 2 aromatic rings. The molecule has 0 aliphatic rings. The van der Waals surface area contributed by atoms with Crippen molar-refractivity contribution in [1.29, 1.82) is 0 Å². The zero-order valence-electron chi connectivity index (χ0n) is 10.4. The van der Waals surface area contributed by atoms with Crippen LogP contribution in [0, 0.1) is 13.8 Å². The van der Waals surface area contributed by atoms with Gasteiger partial charge >= 0.3 is 0 Å². The monoisotopic (exact) mass is 261 g/mol. The largest absolute Gasteiger partial charge is 0.397 e. The first kappa shape index (κ1) is 12.6. The van der Waals surface area contributed by atoms with Gasteiger partial charge in [0.15, 0.2) is 0 Å². The van der Waals surface area contributed by atoms with Crippen LogP contribution in [0.3, 0.4) is 0 Å². The van der Waals surface area contributed by atoms with Crippen molar-refractivity contribution in [2.24, 2.45) is 0 Å². The molecule has 0 aliphatic carbocycles. The standard InChI is InChI=1S/C13H15N3OS/c1-8-3-4-18-12(8)7-16-13(17)11-5-10(14)6-15-9(11)2/h3-6H,7,14H2,1-2H3,(H,16,17). The Morgan fingerprint density at radius 3 is 2.94 bits per heavy atom. The van der Waals surface area contributed by atoms with Crippen molar-refractivity contribution in [3.05, 3.63) is 45.4 Å². The van der Waals surface area contributed by atoms with E-state index in [0.29, 0.717) is 23.5 Å². The Labute approximate surface area is 110 Å². The maximum atomic E-state index is 12.0. The predicted octanol–water partition coefficient (Wildman–Crippen LogP) is 2.27. The molecule has 1 amide bonds. The maximum Gasteiger partial charge on any atom is 0.253 e.